The van der Waals surface area contributed by atoms with Crippen molar-refractivity contribution < 1.29 is 9.53 Å². The fraction of sp³-hybridized carbons (Fsp3) is 0.455. The molecule has 0 amide bonds. The van der Waals surface area contributed by atoms with Gasteiger partial charge >= 0.3 is 0 Å². The number of hydrogen-bond acceptors (Lipinski definition) is 2. The molecule has 3 aromatic carbocycles. The van der Waals surface area contributed by atoms with Crippen molar-refractivity contribution >= 4 is 18.7 Å². The Balaban J connectivity index is 1.59. The van der Waals surface area contributed by atoms with Crippen LogP contribution in [0.2, 0.25) is 5.04 Å². The molecule has 0 aliphatic heterocycles. The van der Waals surface area contributed by atoms with E-state index in [0.717, 1.165) is 44.9 Å². The van der Waals surface area contributed by atoms with E-state index in [9.17, 15) is 5.11 Å². The molecule has 3 heteroatoms. The molecule has 1 saturated carbocycles. The summed E-state index contributed by atoms with van der Waals surface area (Å²) in [4.78, 5) is 0. The molecule has 192 valence electrons. The smallest absolute Gasteiger partial charge is 0.261 e. The molecule has 0 saturated heterocycles. The normalized spacial score (nSPS) is 17.0. The Bertz CT molecular complexity index is 998. The third-order valence-electron chi connectivity index (χ3n) is 8.08. The second-order valence-electron chi connectivity index (χ2n) is 11.8. The van der Waals surface area contributed by atoms with Gasteiger partial charge in [0, 0.05) is 6.61 Å². The maximum atomic E-state index is 11.4. The van der Waals surface area contributed by atoms with E-state index in [4.69, 9.17) is 4.43 Å². The summed E-state index contributed by atoms with van der Waals surface area (Å²) < 4.78 is 7.21. The molecule has 0 bridgehead atoms. The predicted octanol–water partition coefficient (Wildman–Crippen LogP) is 6.90. The van der Waals surface area contributed by atoms with Gasteiger partial charge in [-0.05, 0) is 59.0 Å². The predicted molar refractivity (Wildman–Crippen MR) is 154 cm³/mol. The van der Waals surface area contributed by atoms with E-state index in [1.54, 1.807) is 0 Å². The lowest BCUT2D eigenvalue weighted by Crippen LogP contribution is -2.66. The standard InChI is InChI=1S/C33H44O2Si/c1-32(2,3)36(30-18-10-5-11-19-30,31-20-12-6-13-21-31)35-25-22-29(26-28-16-8-4-9-17-28)27-33(34)23-14-7-15-24-33/h4-6,8-13,16-21,29,34H,7,14-15,22-27H2,1-3H3. The summed E-state index contributed by atoms with van der Waals surface area (Å²) in [5, 5.41) is 14.1. The highest BCUT2D eigenvalue weighted by Gasteiger charge is 2.50. The SMILES string of the molecule is CC(C)(C)[Si](OCCC(Cc1ccccc1)CC1(O)CCCCC1)(c1ccccc1)c1ccccc1. The maximum Gasteiger partial charge on any atom is 0.261 e. The van der Waals surface area contributed by atoms with Crippen LogP contribution in [0.1, 0.15) is 71.3 Å². The number of rotatable bonds is 10. The van der Waals surface area contributed by atoms with Gasteiger partial charge in [-0.1, -0.05) is 131 Å². The van der Waals surface area contributed by atoms with Crippen molar-refractivity contribution in [2.45, 2.75) is 82.8 Å². The molecule has 2 nitrogen and oxygen atoms in total. The quantitative estimate of drug-likeness (QED) is 0.307. The minimum atomic E-state index is -2.54. The van der Waals surface area contributed by atoms with Gasteiger partial charge in [0.2, 0.25) is 0 Å². The highest BCUT2D eigenvalue weighted by atomic mass is 28.4. The van der Waals surface area contributed by atoms with Gasteiger partial charge < -0.3 is 9.53 Å². The summed E-state index contributed by atoms with van der Waals surface area (Å²) >= 11 is 0. The number of benzene rings is 3. The highest BCUT2D eigenvalue weighted by molar-refractivity contribution is 6.99. The summed E-state index contributed by atoms with van der Waals surface area (Å²) in [6.07, 6.45) is 8.24. The van der Waals surface area contributed by atoms with Crippen molar-refractivity contribution in [1.82, 2.24) is 0 Å². The van der Waals surface area contributed by atoms with Crippen LogP contribution in [0.4, 0.5) is 0 Å². The summed E-state index contributed by atoms with van der Waals surface area (Å²) in [7, 11) is -2.54. The minimum absolute atomic E-state index is 0.0216. The van der Waals surface area contributed by atoms with Crippen molar-refractivity contribution in [3.05, 3.63) is 96.6 Å². The maximum absolute atomic E-state index is 11.4. The van der Waals surface area contributed by atoms with Gasteiger partial charge in [0.1, 0.15) is 0 Å². The lowest BCUT2D eigenvalue weighted by molar-refractivity contribution is -0.0198. The van der Waals surface area contributed by atoms with Crippen LogP contribution in [0, 0.1) is 5.92 Å². The van der Waals surface area contributed by atoms with Gasteiger partial charge in [0.25, 0.3) is 8.32 Å². The van der Waals surface area contributed by atoms with Crippen LogP contribution in [0.5, 0.6) is 0 Å². The van der Waals surface area contributed by atoms with Crippen molar-refractivity contribution in [2.24, 2.45) is 5.92 Å². The molecular weight excluding hydrogens is 456 g/mol. The Morgan fingerprint density at radius 2 is 1.28 bits per heavy atom. The summed E-state index contributed by atoms with van der Waals surface area (Å²) in [6, 6.07) is 32.6. The van der Waals surface area contributed by atoms with Crippen molar-refractivity contribution in [3.63, 3.8) is 0 Å². The molecule has 1 aliphatic rings. The van der Waals surface area contributed by atoms with Crippen LogP contribution < -0.4 is 10.4 Å². The second kappa shape index (κ2) is 11.9. The van der Waals surface area contributed by atoms with E-state index in [1.165, 1.54) is 22.4 Å². The molecule has 0 spiro atoms. The zero-order valence-electron chi connectivity index (χ0n) is 22.5. The lowest BCUT2D eigenvalue weighted by Gasteiger charge is -2.43. The van der Waals surface area contributed by atoms with Crippen LogP contribution in [-0.2, 0) is 10.8 Å². The zero-order chi connectivity index (χ0) is 25.5. The number of hydrogen-bond donors (Lipinski definition) is 1. The molecule has 4 rings (SSSR count). The molecule has 3 aromatic rings. The summed E-state index contributed by atoms with van der Waals surface area (Å²) in [5.41, 5.74) is 0.835. The highest BCUT2D eigenvalue weighted by Crippen LogP contribution is 2.38. The van der Waals surface area contributed by atoms with Gasteiger partial charge in [-0.15, -0.1) is 0 Å². The minimum Gasteiger partial charge on any atom is -0.407 e. The van der Waals surface area contributed by atoms with Gasteiger partial charge in [-0.25, -0.2) is 0 Å². The monoisotopic (exact) mass is 500 g/mol. The van der Waals surface area contributed by atoms with Gasteiger partial charge in [0.05, 0.1) is 5.60 Å². The van der Waals surface area contributed by atoms with Crippen LogP contribution in [0.25, 0.3) is 0 Å². The summed E-state index contributed by atoms with van der Waals surface area (Å²) in [6.45, 7) is 7.73. The van der Waals surface area contributed by atoms with Gasteiger partial charge in [0.15, 0.2) is 0 Å². The van der Waals surface area contributed by atoms with E-state index in [2.05, 4.69) is 112 Å². The molecular formula is C33H44O2Si. The zero-order valence-corrected chi connectivity index (χ0v) is 23.5. The third-order valence-corrected chi connectivity index (χ3v) is 13.1. The van der Waals surface area contributed by atoms with Crippen molar-refractivity contribution in [3.8, 4) is 0 Å². The molecule has 1 aliphatic carbocycles. The van der Waals surface area contributed by atoms with Crippen molar-refractivity contribution in [1.29, 1.82) is 0 Å². The van der Waals surface area contributed by atoms with Crippen LogP contribution in [0.3, 0.4) is 0 Å². The van der Waals surface area contributed by atoms with E-state index in [-0.39, 0.29) is 5.04 Å². The number of aliphatic hydroxyl groups is 1. The molecule has 0 heterocycles. The largest absolute Gasteiger partial charge is 0.407 e. The molecule has 0 aromatic heterocycles. The Hall–Kier alpha value is -2.20. The van der Waals surface area contributed by atoms with E-state index in [1.807, 2.05) is 0 Å². The fourth-order valence-corrected chi connectivity index (χ4v) is 10.9. The molecule has 1 fully saturated rings. The third kappa shape index (κ3) is 6.37. The molecule has 0 radical (unpaired) electrons. The van der Waals surface area contributed by atoms with Gasteiger partial charge in [-0.3, -0.25) is 0 Å². The Labute approximate surface area is 219 Å². The van der Waals surface area contributed by atoms with E-state index >= 15 is 0 Å². The van der Waals surface area contributed by atoms with Gasteiger partial charge in [-0.2, -0.15) is 0 Å². The van der Waals surface area contributed by atoms with E-state index < -0.39 is 13.9 Å². The first kappa shape index (κ1) is 26.8. The summed E-state index contributed by atoms with van der Waals surface area (Å²) in [5.74, 6) is 0.397. The average molecular weight is 501 g/mol. The molecule has 36 heavy (non-hydrogen) atoms. The Morgan fingerprint density at radius 3 is 1.78 bits per heavy atom. The van der Waals surface area contributed by atoms with Crippen LogP contribution >= 0.6 is 0 Å². The van der Waals surface area contributed by atoms with E-state index in [0.29, 0.717) is 12.5 Å². The second-order valence-corrected chi connectivity index (χ2v) is 16.2. The molecule has 1 unspecified atom stereocenters. The van der Waals surface area contributed by atoms with Crippen LogP contribution in [0.15, 0.2) is 91.0 Å². The molecule has 1 N–H and O–H groups in total. The first-order valence-corrected chi connectivity index (χ1v) is 15.7. The first-order valence-electron chi connectivity index (χ1n) is 13.8. The Morgan fingerprint density at radius 1 is 0.778 bits per heavy atom. The fourth-order valence-electron chi connectivity index (χ4n) is 6.32. The molecule has 1 atom stereocenters. The van der Waals surface area contributed by atoms with Crippen LogP contribution in [-0.4, -0.2) is 25.6 Å². The first-order chi connectivity index (χ1) is 17.3. The Kier molecular flexibility index (Phi) is 8.87. The lowest BCUT2D eigenvalue weighted by atomic mass is 9.76. The average Bonchev–Trinajstić information content (AvgIpc) is 2.88. The topological polar surface area (TPSA) is 29.5 Å². The van der Waals surface area contributed by atoms with Crippen molar-refractivity contribution in [2.75, 3.05) is 6.61 Å².